The Morgan fingerprint density at radius 3 is 2.64 bits per heavy atom. The average molecular weight is 500 g/mol. The lowest BCUT2D eigenvalue weighted by molar-refractivity contribution is -0.126. The van der Waals surface area contributed by atoms with Crippen molar-refractivity contribution in [3.8, 4) is 22.9 Å². The first-order valence-electron chi connectivity index (χ1n) is 13.2. The number of ether oxygens (including phenoxy) is 2. The molecule has 1 amide bonds. The molecule has 3 unspecified atom stereocenters. The van der Waals surface area contributed by atoms with Crippen molar-refractivity contribution in [3.63, 3.8) is 0 Å². The Morgan fingerprint density at radius 2 is 1.89 bits per heavy atom. The fraction of sp³-hybridized carbons (Fsp3) is 0.667. The summed E-state index contributed by atoms with van der Waals surface area (Å²) in [5, 5.41) is 7.32. The number of rotatable bonds is 10. The standard InChI is InChI=1S/C27H41N5O4/c1-19-13-20(2)16-31(15-19)12-6-10-28-27(33)22-7-5-11-32(17-22)18-25-29-26(30-36-25)21-8-9-23(34-3)24(14-21)35-4/h8-9,14,19-20,22H,5-7,10-13,15-18H2,1-4H3,(H,28,33). The summed E-state index contributed by atoms with van der Waals surface area (Å²) in [4.78, 5) is 22.2. The molecule has 198 valence electrons. The molecule has 0 radical (unpaired) electrons. The third-order valence-electron chi connectivity index (χ3n) is 7.24. The first-order valence-corrected chi connectivity index (χ1v) is 13.2. The van der Waals surface area contributed by atoms with Crippen LogP contribution in [0.25, 0.3) is 11.4 Å². The molecule has 0 aliphatic carbocycles. The van der Waals surface area contributed by atoms with Crippen molar-refractivity contribution in [2.45, 2.75) is 46.1 Å². The first kappa shape index (κ1) is 26.4. The monoisotopic (exact) mass is 499 g/mol. The number of piperidine rings is 2. The third-order valence-corrected chi connectivity index (χ3v) is 7.24. The molecule has 2 saturated heterocycles. The molecule has 0 saturated carbocycles. The second-order valence-electron chi connectivity index (χ2n) is 10.5. The lowest BCUT2D eigenvalue weighted by atomic mass is 9.92. The van der Waals surface area contributed by atoms with Gasteiger partial charge in [-0.1, -0.05) is 19.0 Å². The van der Waals surface area contributed by atoms with Gasteiger partial charge in [0.1, 0.15) is 0 Å². The number of benzene rings is 1. The summed E-state index contributed by atoms with van der Waals surface area (Å²) < 4.78 is 16.2. The molecule has 2 aromatic rings. The Morgan fingerprint density at radius 1 is 1.11 bits per heavy atom. The molecule has 9 nitrogen and oxygen atoms in total. The predicted molar refractivity (Wildman–Crippen MR) is 138 cm³/mol. The summed E-state index contributed by atoms with van der Waals surface area (Å²) in [6, 6.07) is 5.54. The molecule has 1 aromatic carbocycles. The zero-order chi connectivity index (χ0) is 25.5. The van der Waals surface area contributed by atoms with Gasteiger partial charge in [0.2, 0.25) is 17.6 Å². The number of hydrogen-bond donors (Lipinski definition) is 1. The van der Waals surface area contributed by atoms with Crippen LogP contribution in [0.15, 0.2) is 22.7 Å². The number of carbonyl (C=O) groups excluding carboxylic acids is 1. The van der Waals surface area contributed by atoms with Crippen LogP contribution in [0.2, 0.25) is 0 Å². The molecule has 3 atom stereocenters. The van der Waals surface area contributed by atoms with Crippen LogP contribution in [0.1, 0.15) is 45.4 Å². The van der Waals surface area contributed by atoms with Gasteiger partial charge in [-0.15, -0.1) is 0 Å². The summed E-state index contributed by atoms with van der Waals surface area (Å²) in [5.74, 6) is 4.03. The highest BCUT2D eigenvalue weighted by molar-refractivity contribution is 5.78. The zero-order valence-corrected chi connectivity index (χ0v) is 22.2. The highest BCUT2D eigenvalue weighted by Crippen LogP contribution is 2.31. The highest BCUT2D eigenvalue weighted by atomic mass is 16.5. The maximum atomic E-state index is 12.8. The molecule has 2 fully saturated rings. The quantitative estimate of drug-likeness (QED) is 0.497. The number of nitrogens with zero attached hydrogens (tertiary/aromatic N) is 4. The Balaban J connectivity index is 1.23. The number of nitrogens with one attached hydrogen (secondary N) is 1. The van der Waals surface area contributed by atoms with E-state index < -0.39 is 0 Å². The van der Waals surface area contributed by atoms with Crippen LogP contribution < -0.4 is 14.8 Å². The number of hydrogen-bond acceptors (Lipinski definition) is 8. The van der Waals surface area contributed by atoms with E-state index in [0.29, 0.717) is 36.3 Å². The molecule has 4 rings (SSSR count). The Labute approximate surface area is 214 Å². The van der Waals surface area contributed by atoms with E-state index in [1.54, 1.807) is 14.2 Å². The summed E-state index contributed by atoms with van der Waals surface area (Å²) in [7, 11) is 3.20. The molecule has 1 aromatic heterocycles. The van der Waals surface area contributed by atoms with Gasteiger partial charge < -0.3 is 24.2 Å². The molecule has 0 bridgehead atoms. The topological polar surface area (TPSA) is 93.0 Å². The predicted octanol–water partition coefficient (Wildman–Crippen LogP) is 3.45. The van der Waals surface area contributed by atoms with Crippen LogP contribution in [0, 0.1) is 17.8 Å². The van der Waals surface area contributed by atoms with Crippen LogP contribution in [0.5, 0.6) is 11.5 Å². The minimum absolute atomic E-state index is 0.00187. The summed E-state index contributed by atoms with van der Waals surface area (Å²) in [6.45, 7) is 11.0. The Kier molecular flexibility index (Phi) is 9.20. The molecule has 9 heteroatoms. The second kappa shape index (κ2) is 12.5. The van der Waals surface area contributed by atoms with Gasteiger partial charge in [-0.05, 0) is 68.8 Å². The maximum absolute atomic E-state index is 12.8. The smallest absolute Gasteiger partial charge is 0.241 e. The highest BCUT2D eigenvalue weighted by Gasteiger charge is 2.27. The van der Waals surface area contributed by atoms with E-state index in [0.717, 1.165) is 56.3 Å². The van der Waals surface area contributed by atoms with Crippen LogP contribution in [-0.2, 0) is 11.3 Å². The Bertz CT molecular complexity index is 986. The van der Waals surface area contributed by atoms with Crippen LogP contribution in [0.4, 0.5) is 0 Å². The van der Waals surface area contributed by atoms with Gasteiger partial charge in [-0.3, -0.25) is 9.69 Å². The van der Waals surface area contributed by atoms with E-state index in [1.807, 2.05) is 18.2 Å². The van der Waals surface area contributed by atoms with Gasteiger partial charge in [-0.25, -0.2) is 0 Å². The minimum atomic E-state index is 0.00187. The van der Waals surface area contributed by atoms with E-state index in [4.69, 9.17) is 14.0 Å². The third kappa shape index (κ3) is 6.97. The molecule has 2 aliphatic heterocycles. The number of aromatic nitrogens is 2. The molecule has 3 heterocycles. The van der Waals surface area contributed by atoms with Gasteiger partial charge in [0.15, 0.2) is 11.5 Å². The van der Waals surface area contributed by atoms with Crippen LogP contribution in [-0.4, -0.2) is 79.3 Å². The van der Waals surface area contributed by atoms with E-state index in [2.05, 4.69) is 39.1 Å². The normalized spacial score (nSPS) is 23.4. The largest absolute Gasteiger partial charge is 0.493 e. The molecule has 0 spiro atoms. The van der Waals surface area contributed by atoms with E-state index in [-0.39, 0.29) is 11.8 Å². The zero-order valence-electron chi connectivity index (χ0n) is 22.2. The minimum Gasteiger partial charge on any atom is -0.493 e. The van der Waals surface area contributed by atoms with Crippen LogP contribution in [0.3, 0.4) is 0 Å². The van der Waals surface area contributed by atoms with Crippen molar-refractivity contribution in [1.82, 2.24) is 25.3 Å². The van der Waals surface area contributed by atoms with Crippen molar-refractivity contribution in [2.24, 2.45) is 17.8 Å². The van der Waals surface area contributed by atoms with Gasteiger partial charge >= 0.3 is 0 Å². The number of carbonyl (C=O) groups is 1. The van der Waals surface area contributed by atoms with Gasteiger partial charge in [-0.2, -0.15) is 4.98 Å². The number of methoxy groups -OCH3 is 2. The number of likely N-dealkylation sites (tertiary alicyclic amines) is 2. The van der Waals surface area contributed by atoms with Crippen molar-refractivity contribution >= 4 is 5.91 Å². The summed E-state index contributed by atoms with van der Waals surface area (Å²) in [5.41, 5.74) is 0.798. The van der Waals surface area contributed by atoms with Crippen molar-refractivity contribution in [3.05, 3.63) is 24.1 Å². The summed E-state index contributed by atoms with van der Waals surface area (Å²) >= 11 is 0. The molecular weight excluding hydrogens is 458 g/mol. The Hall–Kier alpha value is -2.65. The molecule has 36 heavy (non-hydrogen) atoms. The van der Waals surface area contributed by atoms with E-state index in [9.17, 15) is 4.79 Å². The fourth-order valence-corrected chi connectivity index (χ4v) is 5.65. The first-order chi connectivity index (χ1) is 17.4. The van der Waals surface area contributed by atoms with Crippen molar-refractivity contribution in [2.75, 3.05) is 53.5 Å². The summed E-state index contributed by atoms with van der Waals surface area (Å²) in [6.07, 6.45) is 4.23. The van der Waals surface area contributed by atoms with Gasteiger partial charge in [0.05, 0.1) is 26.7 Å². The molecule has 2 aliphatic rings. The molecule has 1 N–H and O–H groups in total. The van der Waals surface area contributed by atoms with Crippen molar-refractivity contribution < 1.29 is 18.8 Å². The van der Waals surface area contributed by atoms with Crippen LogP contribution >= 0.6 is 0 Å². The van der Waals surface area contributed by atoms with Crippen molar-refractivity contribution in [1.29, 1.82) is 0 Å². The maximum Gasteiger partial charge on any atom is 0.241 e. The second-order valence-corrected chi connectivity index (χ2v) is 10.5. The van der Waals surface area contributed by atoms with E-state index in [1.165, 1.54) is 19.5 Å². The molecular formula is C27H41N5O4. The number of amides is 1. The lowest BCUT2D eigenvalue weighted by Gasteiger charge is -2.35. The SMILES string of the molecule is COc1ccc(-c2noc(CN3CCCC(C(=O)NCCCN4CC(C)CC(C)C4)C3)n2)cc1OC. The average Bonchev–Trinajstić information content (AvgIpc) is 3.34. The van der Waals surface area contributed by atoms with E-state index >= 15 is 0 Å². The lowest BCUT2D eigenvalue weighted by Crippen LogP contribution is -2.43. The fourth-order valence-electron chi connectivity index (χ4n) is 5.65. The van der Waals surface area contributed by atoms with Gasteiger partial charge in [0.25, 0.3) is 0 Å². The van der Waals surface area contributed by atoms with Gasteiger partial charge in [0, 0.05) is 31.7 Å².